The Kier molecular flexibility index (Phi) is 13.2. The zero-order valence-electron chi connectivity index (χ0n) is 35.9. The van der Waals surface area contributed by atoms with Gasteiger partial charge in [-0.2, -0.15) is 0 Å². The highest BCUT2D eigenvalue weighted by atomic mass is 16.5. The number of nitrogens with one attached hydrogen (secondary N) is 2. The van der Waals surface area contributed by atoms with Gasteiger partial charge in [0.05, 0.1) is 17.8 Å². The molecule has 2 N–H and O–H groups in total. The van der Waals surface area contributed by atoms with Gasteiger partial charge in [0.1, 0.15) is 0 Å². The molecule has 0 bridgehead atoms. The zero-order valence-corrected chi connectivity index (χ0v) is 35.9. The van der Waals surface area contributed by atoms with Crippen molar-refractivity contribution in [2.24, 2.45) is 0 Å². The first-order valence-electron chi connectivity index (χ1n) is 21.8. The van der Waals surface area contributed by atoms with Crippen molar-refractivity contribution >= 4 is 72.3 Å². The van der Waals surface area contributed by atoms with Gasteiger partial charge in [0.2, 0.25) is 11.8 Å². The van der Waals surface area contributed by atoms with Crippen molar-refractivity contribution < 1.29 is 19.1 Å². The summed E-state index contributed by atoms with van der Waals surface area (Å²) >= 11 is 0. The van der Waals surface area contributed by atoms with Crippen LogP contribution in [-0.2, 0) is 31.9 Å². The van der Waals surface area contributed by atoms with Crippen LogP contribution in [0.5, 0.6) is 0 Å². The van der Waals surface area contributed by atoms with E-state index in [9.17, 15) is 9.59 Å². The fourth-order valence-corrected chi connectivity index (χ4v) is 8.86. The minimum Gasteiger partial charge on any atom is -0.375 e. The number of carbonyl (C=O) groups excluding carboxylic acids is 2. The van der Waals surface area contributed by atoms with Crippen LogP contribution in [0.4, 0.5) is 0 Å². The predicted octanol–water partition coefficient (Wildman–Crippen LogP) is 11.1. The van der Waals surface area contributed by atoms with Crippen molar-refractivity contribution in [1.29, 1.82) is 0 Å². The fraction of sp³-hybridized carbons (Fsp3) is 0.396. The van der Waals surface area contributed by atoms with Gasteiger partial charge in [0, 0.05) is 32.5 Å². The number of rotatable bonds is 21. The molecule has 7 aromatic rings. The van der Waals surface area contributed by atoms with Crippen molar-refractivity contribution in [1.82, 2.24) is 10.6 Å². The summed E-state index contributed by atoms with van der Waals surface area (Å²) in [5.41, 5.74) is 3.22. The van der Waals surface area contributed by atoms with Gasteiger partial charge in [-0.25, -0.2) is 0 Å². The van der Waals surface area contributed by atoms with Crippen molar-refractivity contribution in [2.45, 2.75) is 110 Å². The van der Waals surface area contributed by atoms with E-state index in [1.54, 1.807) is 0 Å². The number of hydrogen-bond acceptors (Lipinski definition) is 4. The van der Waals surface area contributed by atoms with E-state index >= 15 is 0 Å². The summed E-state index contributed by atoms with van der Waals surface area (Å²) in [6.07, 6.45) is 7.64. The summed E-state index contributed by atoms with van der Waals surface area (Å²) in [5, 5.41) is 20.1. The van der Waals surface area contributed by atoms with Crippen LogP contribution in [0.1, 0.15) is 95.8 Å². The highest BCUT2D eigenvalue weighted by molar-refractivity contribution is 6.23. The van der Waals surface area contributed by atoms with Gasteiger partial charge < -0.3 is 20.1 Å². The lowest BCUT2D eigenvalue weighted by Crippen LogP contribution is -2.32. The normalized spacial score (nSPS) is 12.4. The van der Waals surface area contributed by atoms with Crippen LogP contribution in [0.3, 0.4) is 0 Å². The Hall–Kier alpha value is -5.04. The molecule has 59 heavy (non-hydrogen) atoms. The molecule has 7 rings (SSSR count). The van der Waals surface area contributed by atoms with Crippen molar-refractivity contribution in [3.63, 3.8) is 0 Å². The van der Waals surface area contributed by atoms with E-state index in [-0.39, 0.29) is 23.0 Å². The number of amides is 2. The quantitative estimate of drug-likeness (QED) is 0.0561. The third-order valence-electron chi connectivity index (χ3n) is 12.2. The van der Waals surface area contributed by atoms with Gasteiger partial charge in [-0.3, -0.25) is 9.59 Å². The highest BCUT2D eigenvalue weighted by Gasteiger charge is 2.23. The average molecular weight is 791 g/mol. The molecule has 0 fully saturated rings. The van der Waals surface area contributed by atoms with E-state index in [1.165, 1.54) is 70.6 Å². The molecule has 0 atom stereocenters. The van der Waals surface area contributed by atoms with Crippen LogP contribution in [0.15, 0.2) is 91.0 Å². The molecule has 0 aliphatic carbocycles. The largest absolute Gasteiger partial charge is 0.375 e. The van der Waals surface area contributed by atoms with Gasteiger partial charge in [0.25, 0.3) is 0 Å². The standard InChI is InChI=1S/C53H62N2O4/c1-36-18-20-42-23-21-38(44-28-19-37(2)48(36)50(42)44)12-8-16-46(56)54-32-10-30-52(3,4)59-35-31-53(5,6)58-34-11-33-55-47(57)17-9-13-39-22-24-43-26-25-40-14-7-15-41-27-29-45(39)51(43)49(40)41/h7,14-15,18-29H,1,8-13,16-17,30-35H2,2-6H3,(H,54,56)(H,55,57). The fourth-order valence-electron chi connectivity index (χ4n) is 8.86. The van der Waals surface area contributed by atoms with E-state index in [1.807, 2.05) is 0 Å². The van der Waals surface area contributed by atoms with Gasteiger partial charge >= 0.3 is 0 Å². The molecule has 0 aromatic heterocycles. The van der Waals surface area contributed by atoms with Crippen LogP contribution in [0, 0.1) is 6.92 Å². The average Bonchev–Trinajstić information content (AvgIpc) is 3.21. The number of aryl methyl sites for hydroxylation is 3. The van der Waals surface area contributed by atoms with E-state index < -0.39 is 0 Å². The molecular weight excluding hydrogens is 729 g/mol. The third-order valence-corrected chi connectivity index (χ3v) is 12.2. The van der Waals surface area contributed by atoms with Crippen molar-refractivity contribution in [2.75, 3.05) is 26.3 Å². The Balaban J connectivity index is 0.732. The van der Waals surface area contributed by atoms with Gasteiger partial charge in [-0.05, 0) is 162 Å². The predicted molar refractivity (Wildman–Crippen MR) is 248 cm³/mol. The van der Waals surface area contributed by atoms with E-state index in [2.05, 4.69) is 143 Å². The second-order valence-corrected chi connectivity index (χ2v) is 17.8. The van der Waals surface area contributed by atoms with Gasteiger partial charge in [-0.1, -0.05) is 97.6 Å². The Morgan fingerprint density at radius 3 is 1.68 bits per heavy atom. The van der Waals surface area contributed by atoms with Crippen molar-refractivity contribution in [3.8, 4) is 0 Å². The monoisotopic (exact) mass is 790 g/mol. The van der Waals surface area contributed by atoms with Crippen LogP contribution in [-0.4, -0.2) is 49.3 Å². The third kappa shape index (κ3) is 10.2. The summed E-state index contributed by atoms with van der Waals surface area (Å²) in [7, 11) is 0. The summed E-state index contributed by atoms with van der Waals surface area (Å²) < 4.78 is 12.5. The first-order valence-corrected chi connectivity index (χ1v) is 21.8. The summed E-state index contributed by atoms with van der Waals surface area (Å²) in [6, 6.07) is 32.9. The van der Waals surface area contributed by atoms with E-state index in [0.717, 1.165) is 56.6 Å². The highest BCUT2D eigenvalue weighted by Crippen LogP contribution is 2.36. The maximum absolute atomic E-state index is 12.7. The van der Waals surface area contributed by atoms with Crippen LogP contribution < -0.4 is 15.9 Å². The molecule has 0 aliphatic heterocycles. The maximum atomic E-state index is 12.7. The number of hydrogen-bond donors (Lipinski definition) is 2. The van der Waals surface area contributed by atoms with E-state index in [0.29, 0.717) is 39.1 Å². The zero-order chi connectivity index (χ0) is 41.6. The molecule has 0 aliphatic rings. The van der Waals surface area contributed by atoms with Gasteiger partial charge in [0.15, 0.2) is 0 Å². The molecule has 6 nitrogen and oxygen atoms in total. The van der Waals surface area contributed by atoms with Crippen LogP contribution in [0.25, 0.3) is 60.4 Å². The first-order chi connectivity index (χ1) is 28.4. The van der Waals surface area contributed by atoms with Gasteiger partial charge in [-0.15, -0.1) is 0 Å². The summed E-state index contributed by atoms with van der Waals surface area (Å²) in [5.74, 6) is 0.199. The Labute approximate surface area is 350 Å². The number of ether oxygens (including phenoxy) is 2. The van der Waals surface area contributed by atoms with Crippen LogP contribution >= 0.6 is 0 Å². The molecule has 6 heteroatoms. The lowest BCUT2D eigenvalue weighted by molar-refractivity contribution is -0.122. The molecule has 7 aromatic carbocycles. The molecule has 308 valence electrons. The van der Waals surface area contributed by atoms with Crippen molar-refractivity contribution in [3.05, 3.63) is 113 Å². The molecule has 2 amide bonds. The smallest absolute Gasteiger partial charge is 0.220 e. The second kappa shape index (κ2) is 18.5. The molecule has 0 saturated carbocycles. The SMILES string of the molecule is C=c1ccc2ccc(CCCC(=O)NCCCC(C)(C)OCCC(C)(C)OCCCNC(=O)CCCc3ccc4ccc5cccc6ccc3c4c56)c3ccc(C)c1c23. The first kappa shape index (κ1) is 42.1. The Bertz CT molecular complexity index is 2590. The lowest BCUT2D eigenvalue weighted by atomic mass is 9.90. The lowest BCUT2D eigenvalue weighted by Gasteiger charge is -2.30. The molecule has 0 unspecified atom stereocenters. The summed E-state index contributed by atoms with van der Waals surface area (Å²) in [4.78, 5) is 25.4. The van der Waals surface area contributed by atoms with E-state index in [4.69, 9.17) is 9.47 Å². The minimum absolute atomic E-state index is 0.0944. The molecule has 0 saturated heterocycles. The number of carbonyl (C=O) groups is 2. The molecule has 0 spiro atoms. The minimum atomic E-state index is -0.328. The molecule has 0 heterocycles. The van der Waals surface area contributed by atoms with Crippen LogP contribution in [0.2, 0.25) is 0 Å². The number of benzene rings is 7. The maximum Gasteiger partial charge on any atom is 0.220 e. The Morgan fingerprint density at radius 2 is 1.03 bits per heavy atom. The summed E-state index contributed by atoms with van der Waals surface area (Å²) in [6.45, 7) is 17.3. The molecule has 0 radical (unpaired) electrons. The Morgan fingerprint density at radius 1 is 0.542 bits per heavy atom. The molecular formula is C53H62N2O4. The topological polar surface area (TPSA) is 76.7 Å². The second-order valence-electron chi connectivity index (χ2n) is 17.8.